The minimum absolute atomic E-state index is 0.148. The minimum Gasteiger partial charge on any atom is -0.492 e. The molecule has 0 fully saturated rings. The van der Waals surface area contributed by atoms with Crippen LogP contribution in [0.2, 0.25) is 0 Å². The summed E-state index contributed by atoms with van der Waals surface area (Å²) in [6.07, 6.45) is 0.898. The van der Waals surface area contributed by atoms with Crippen LogP contribution in [0.25, 0.3) is 0 Å². The highest BCUT2D eigenvalue weighted by Crippen LogP contribution is 2.09. The summed E-state index contributed by atoms with van der Waals surface area (Å²) in [4.78, 5) is 0. The molecule has 0 aliphatic carbocycles. The Morgan fingerprint density at radius 3 is 2.56 bits per heavy atom. The van der Waals surface area contributed by atoms with E-state index in [0.29, 0.717) is 6.61 Å². The molecule has 3 nitrogen and oxygen atoms in total. The fraction of sp³-hybridized carbons (Fsp3) is 0.538. The van der Waals surface area contributed by atoms with Gasteiger partial charge < -0.3 is 15.2 Å². The van der Waals surface area contributed by atoms with Crippen molar-refractivity contribution in [1.29, 1.82) is 0 Å². The summed E-state index contributed by atoms with van der Waals surface area (Å²) >= 11 is 0. The van der Waals surface area contributed by atoms with Gasteiger partial charge in [-0.05, 0) is 25.5 Å². The normalized spacial score (nSPS) is 14.4. The van der Waals surface area contributed by atoms with E-state index in [0.717, 1.165) is 18.7 Å². The summed E-state index contributed by atoms with van der Waals surface area (Å²) in [5, 5.41) is 12.5. The summed E-state index contributed by atoms with van der Waals surface area (Å²) in [5.74, 6) is 0.881. The third-order valence-electron chi connectivity index (χ3n) is 2.80. The number of hydrogen-bond acceptors (Lipinski definition) is 3. The molecule has 1 aromatic carbocycles. The Bertz CT molecular complexity index is 283. The van der Waals surface area contributed by atoms with Crippen molar-refractivity contribution in [3.05, 3.63) is 30.3 Å². The number of aliphatic hydroxyl groups excluding tert-OH is 1. The van der Waals surface area contributed by atoms with Gasteiger partial charge in [0.1, 0.15) is 12.4 Å². The number of hydrogen-bond donors (Lipinski definition) is 2. The van der Waals surface area contributed by atoms with Gasteiger partial charge in [-0.2, -0.15) is 0 Å². The molecule has 0 saturated carbocycles. The lowest BCUT2D eigenvalue weighted by Crippen LogP contribution is -2.46. The zero-order valence-electron chi connectivity index (χ0n) is 10.1. The average molecular weight is 223 g/mol. The van der Waals surface area contributed by atoms with Gasteiger partial charge in [0, 0.05) is 12.1 Å². The Hall–Kier alpha value is -1.06. The Balaban J connectivity index is 2.22. The molecule has 16 heavy (non-hydrogen) atoms. The molecular weight excluding hydrogens is 202 g/mol. The second kappa shape index (κ2) is 6.51. The third kappa shape index (κ3) is 4.21. The number of aliphatic hydroxyl groups is 1. The largest absolute Gasteiger partial charge is 0.492 e. The van der Waals surface area contributed by atoms with Gasteiger partial charge in [-0.1, -0.05) is 25.1 Å². The van der Waals surface area contributed by atoms with Crippen molar-refractivity contribution in [2.45, 2.75) is 25.8 Å². The molecule has 0 heterocycles. The topological polar surface area (TPSA) is 41.5 Å². The van der Waals surface area contributed by atoms with Crippen molar-refractivity contribution in [3.63, 3.8) is 0 Å². The summed E-state index contributed by atoms with van der Waals surface area (Å²) in [7, 11) is 0. The smallest absolute Gasteiger partial charge is 0.119 e. The monoisotopic (exact) mass is 223 g/mol. The summed E-state index contributed by atoms with van der Waals surface area (Å²) in [5.41, 5.74) is -0.194. The molecule has 90 valence electrons. The summed E-state index contributed by atoms with van der Waals surface area (Å²) < 4.78 is 5.55. The first kappa shape index (κ1) is 13.0. The lowest BCUT2D eigenvalue weighted by atomic mass is 10.0. The molecule has 1 rings (SSSR count). The van der Waals surface area contributed by atoms with Crippen LogP contribution in [0.4, 0.5) is 0 Å². The third-order valence-corrected chi connectivity index (χ3v) is 2.80. The van der Waals surface area contributed by atoms with E-state index in [4.69, 9.17) is 4.74 Å². The Morgan fingerprint density at radius 2 is 2.00 bits per heavy atom. The van der Waals surface area contributed by atoms with Crippen LogP contribution < -0.4 is 10.1 Å². The van der Waals surface area contributed by atoms with E-state index in [1.165, 1.54) is 0 Å². The Morgan fingerprint density at radius 1 is 1.31 bits per heavy atom. The predicted molar refractivity (Wildman–Crippen MR) is 65.7 cm³/mol. The van der Waals surface area contributed by atoms with Gasteiger partial charge in [-0.25, -0.2) is 0 Å². The van der Waals surface area contributed by atoms with E-state index in [-0.39, 0.29) is 12.1 Å². The molecule has 3 heteroatoms. The second-order valence-corrected chi connectivity index (χ2v) is 4.16. The van der Waals surface area contributed by atoms with Gasteiger partial charge in [0.2, 0.25) is 0 Å². The molecule has 0 aromatic heterocycles. The summed E-state index contributed by atoms with van der Waals surface area (Å²) in [6.45, 7) is 5.56. The molecule has 0 saturated heterocycles. The molecule has 0 spiro atoms. The highest BCUT2D eigenvalue weighted by molar-refractivity contribution is 5.20. The SMILES string of the molecule is CCC(C)(CO)NCCOc1ccccc1. The average Bonchev–Trinajstić information content (AvgIpc) is 2.36. The van der Waals surface area contributed by atoms with Crippen LogP contribution in [0, 0.1) is 0 Å². The van der Waals surface area contributed by atoms with Crippen molar-refractivity contribution in [3.8, 4) is 5.75 Å². The van der Waals surface area contributed by atoms with Crippen LogP contribution in [0.5, 0.6) is 5.75 Å². The molecule has 1 atom stereocenters. The first-order valence-corrected chi connectivity index (χ1v) is 5.74. The van der Waals surface area contributed by atoms with Gasteiger partial charge in [0.05, 0.1) is 6.61 Å². The van der Waals surface area contributed by atoms with Crippen molar-refractivity contribution >= 4 is 0 Å². The fourth-order valence-corrected chi connectivity index (χ4v) is 1.33. The van der Waals surface area contributed by atoms with E-state index in [1.807, 2.05) is 37.3 Å². The first-order chi connectivity index (χ1) is 7.70. The van der Waals surface area contributed by atoms with Crippen LogP contribution in [-0.2, 0) is 0 Å². The van der Waals surface area contributed by atoms with Gasteiger partial charge in [0.25, 0.3) is 0 Å². The van der Waals surface area contributed by atoms with E-state index >= 15 is 0 Å². The summed E-state index contributed by atoms with van der Waals surface area (Å²) in [6, 6.07) is 9.74. The molecule has 0 amide bonds. The van der Waals surface area contributed by atoms with E-state index in [1.54, 1.807) is 0 Å². The highest BCUT2D eigenvalue weighted by Gasteiger charge is 2.19. The lowest BCUT2D eigenvalue weighted by Gasteiger charge is -2.27. The number of ether oxygens (including phenoxy) is 1. The molecule has 0 aliphatic rings. The van der Waals surface area contributed by atoms with Crippen molar-refractivity contribution < 1.29 is 9.84 Å². The van der Waals surface area contributed by atoms with Crippen LogP contribution in [-0.4, -0.2) is 30.4 Å². The van der Waals surface area contributed by atoms with Gasteiger partial charge >= 0.3 is 0 Å². The quantitative estimate of drug-likeness (QED) is 0.693. The minimum atomic E-state index is -0.194. The van der Waals surface area contributed by atoms with Crippen LogP contribution in [0.15, 0.2) is 30.3 Å². The fourth-order valence-electron chi connectivity index (χ4n) is 1.33. The van der Waals surface area contributed by atoms with E-state index < -0.39 is 0 Å². The molecule has 1 aromatic rings. The van der Waals surface area contributed by atoms with Crippen LogP contribution >= 0.6 is 0 Å². The zero-order chi connectivity index (χ0) is 11.9. The van der Waals surface area contributed by atoms with E-state index in [2.05, 4.69) is 12.2 Å². The molecule has 0 aliphatic heterocycles. The molecule has 2 N–H and O–H groups in total. The molecule has 1 unspecified atom stereocenters. The highest BCUT2D eigenvalue weighted by atomic mass is 16.5. The van der Waals surface area contributed by atoms with Gasteiger partial charge in [-0.3, -0.25) is 0 Å². The van der Waals surface area contributed by atoms with Crippen molar-refractivity contribution in [2.24, 2.45) is 0 Å². The second-order valence-electron chi connectivity index (χ2n) is 4.16. The maximum atomic E-state index is 9.20. The van der Waals surface area contributed by atoms with Crippen molar-refractivity contribution in [2.75, 3.05) is 19.8 Å². The van der Waals surface area contributed by atoms with Crippen LogP contribution in [0.1, 0.15) is 20.3 Å². The Kier molecular flexibility index (Phi) is 5.29. The number of rotatable bonds is 7. The van der Waals surface area contributed by atoms with Gasteiger partial charge in [0.15, 0.2) is 0 Å². The van der Waals surface area contributed by atoms with E-state index in [9.17, 15) is 5.11 Å². The standard InChI is InChI=1S/C13H21NO2/c1-3-13(2,11-15)14-9-10-16-12-7-5-4-6-8-12/h4-8,14-15H,3,9-11H2,1-2H3. The van der Waals surface area contributed by atoms with Gasteiger partial charge in [-0.15, -0.1) is 0 Å². The molecule has 0 radical (unpaired) electrons. The Labute approximate surface area is 97.4 Å². The number of para-hydroxylation sites is 1. The lowest BCUT2D eigenvalue weighted by molar-refractivity contribution is 0.162. The maximum absolute atomic E-state index is 9.20. The van der Waals surface area contributed by atoms with Crippen molar-refractivity contribution in [1.82, 2.24) is 5.32 Å². The van der Waals surface area contributed by atoms with Crippen LogP contribution in [0.3, 0.4) is 0 Å². The maximum Gasteiger partial charge on any atom is 0.119 e. The number of nitrogens with one attached hydrogen (secondary N) is 1. The predicted octanol–water partition coefficient (Wildman–Crippen LogP) is 1.82. The molecule has 0 bridgehead atoms. The zero-order valence-corrected chi connectivity index (χ0v) is 10.1. The number of benzene rings is 1. The molecular formula is C13H21NO2. The first-order valence-electron chi connectivity index (χ1n) is 5.74.